The normalized spacial score (nSPS) is 15.3. The standard InChI is InChI=1S/C12H14ClN7O/c13-10-2-1-3-11(15-10)18-4-6-19(7-5-18)12(21)8-20-9-14-16-17-20/h1-3,9H,4-8H2. The van der Waals surface area contributed by atoms with E-state index in [4.69, 9.17) is 11.6 Å². The predicted octanol–water partition coefficient (Wildman–Crippen LogP) is 0.0703. The van der Waals surface area contributed by atoms with Crippen molar-refractivity contribution in [3.63, 3.8) is 0 Å². The second kappa shape index (κ2) is 6.04. The minimum absolute atomic E-state index is 0.0148. The zero-order valence-electron chi connectivity index (χ0n) is 11.3. The molecule has 0 atom stereocenters. The minimum atomic E-state index is 0.0148. The third-order valence-electron chi connectivity index (χ3n) is 3.35. The maximum absolute atomic E-state index is 12.1. The van der Waals surface area contributed by atoms with Gasteiger partial charge in [-0.2, -0.15) is 0 Å². The van der Waals surface area contributed by atoms with E-state index >= 15 is 0 Å². The first-order chi connectivity index (χ1) is 10.2. The molecule has 2 aromatic heterocycles. The Hall–Kier alpha value is -2.22. The average molecular weight is 308 g/mol. The summed E-state index contributed by atoms with van der Waals surface area (Å²) in [4.78, 5) is 20.3. The van der Waals surface area contributed by atoms with E-state index in [9.17, 15) is 4.79 Å². The van der Waals surface area contributed by atoms with Gasteiger partial charge in [0.1, 0.15) is 23.8 Å². The van der Waals surface area contributed by atoms with Crippen LogP contribution in [0.15, 0.2) is 24.5 Å². The van der Waals surface area contributed by atoms with Crippen LogP contribution in [0.25, 0.3) is 0 Å². The van der Waals surface area contributed by atoms with Crippen LogP contribution < -0.4 is 4.90 Å². The molecule has 1 aliphatic rings. The topological polar surface area (TPSA) is 80.0 Å². The molecule has 1 amide bonds. The number of tetrazole rings is 1. The molecule has 8 nitrogen and oxygen atoms in total. The van der Waals surface area contributed by atoms with E-state index in [2.05, 4.69) is 25.4 Å². The number of amides is 1. The number of rotatable bonds is 3. The highest BCUT2D eigenvalue weighted by Crippen LogP contribution is 2.16. The summed E-state index contributed by atoms with van der Waals surface area (Å²) in [7, 11) is 0. The van der Waals surface area contributed by atoms with Crippen LogP contribution in [0, 0.1) is 0 Å². The van der Waals surface area contributed by atoms with E-state index < -0.39 is 0 Å². The van der Waals surface area contributed by atoms with Gasteiger partial charge in [-0.3, -0.25) is 4.79 Å². The van der Waals surface area contributed by atoms with E-state index in [0.29, 0.717) is 18.2 Å². The van der Waals surface area contributed by atoms with Crippen molar-refractivity contribution in [3.05, 3.63) is 29.7 Å². The van der Waals surface area contributed by atoms with Crippen LogP contribution in [0.2, 0.25) is 5.15 Å². The number of hydrogen-bond acceptors (Lipinski definition) is 6. The van der Waals surface area contributed by atoms with Gasteiger partial charge < -0.3 is 9.80 Å². The minimum Gasteiger partial charge on any atom is -0.353 e. The lowest BCUT2D eigenvalue weighted by molar-refractivity contribution is -0.132. The summed E-state index contributed by atoms with van der Waals surface area (Å²) in [6, 6.07) is 5.54. The van der Waals surface area contributed by atoms with Gasteiger partial charge in [0, 0.05) is 26.2 Å². The number of aromatic nitrogens is 5. The lowest BCUT2D eigenvalue weighted by Gasteiger charge is -2.35. The summed E-state index contributed by atoms with van der Waals surface area (Å²) < 4.78 is 1.42. The van der Waals surface area contributed by atoms with Crippen molar-refractivity contribution in [1.82, 2.24) is 30.1 Å². The first-order valence-electron chi connectivity index (χ1n) is 6.58. The number of carbonyl (C=O) groups excluding carboxylic acids is 1. The SMILES string of the molecule is O=C(Cn1cnnn1)N1CCN(c2cccc(Cl)n2)CC1. The highest BCUT2D eigenvalue weighted by molar-refractivity contribution is 6.29. The van der Waals surface area contributed by atoms with Gasteiger partial charge >= 0.3 is 0 Å². The number of nitrogens with zero attached hydrogens (tertiary/aromatic N) is 7. The molecule has 0 N–H and O–H groups in total. The Morgan fingerprint density at radius 3 is 2.71 bits per heavy atom. The van der Waals surface area contributed by atoms with Crippen molar-refractivity contribution in [1.29, 1.82) is 0 Å². The summed E-state index contributed by atoms with van der Waals surface area (Å²) in [5.41, 5.74) is 0. The second-order valence-electron chi connectivity index (χ2n) is 4.69. The van der Waals surface area contributed by atoms with Gasteiger partial charge in [-0.15, -0.1) is 5.10 Å². The average Bonchev–Trinajstić information content (AvgIpc) is 3.00. The highest BCUT2D eigenvalue weighted by atomic mass is 35.5. The van der Waals surface area contributed by atoms with Crippen LogP contribution in [0.3, 0.4) is 0 Å². The monoisotopic (exact) mass is 307 g/mol. The van der Waals surface area contributed by atoms with Crippen LogP contribution in [0.1, 0.15) is 0 Å². The largest absolute Gasteiger partial charge is 0.353 e. The van der Waals surface area contributed by atoms with E-state index in [1.54, 1.807) is 6.07 Å². The summed E-state index contributed by atoms with van der Waals surface area (Å²) in [5, 5.41) is 11.2. The molecule has 0 unspecified atom stereocenters. The molecule has 0 saturated carbocycles. The first kappa shape index (κ1) is 13.7. The molecule has 3 heterocycles. The van der Waals surface area contributed by atoms with E-state index in [0.717, 1.165) is 18.9 Å². The van der Waals surface area contributed by atoms with Crippen molar-refractivity contribution >= 4 is 23.3 Å². The number of anilines is 1. The van der Waals surface area contributed by atoms with Gasteiger partial charge in [0.25, 0.3) is 0 Å². The molecule has 3 rings (SSSR count). The maximum Gasteiger partial charge on any atom is 0.244 e. The summed E-state index contributed by atoms with van der Waals surface area (Å²) in [6.07, 6.45) is 1.43. The summed E-state index contributed by atoms with van der Waals surface area (Å²) >= 11 is 5.90. The fraction of sp³-hybridized carbons (Fsp3) is 0.417. The molecule has 0 aliphatic carbocycles. The van der Waals surface area contributed by atoms with Gasteiger partial charge in [-0.1, -0.05) is 17.7 Å². The van der Waals surface area contributed by atoms with Gasteiger partial charge in [-0.05, 0) is 22.6 Å². The lowest BCUT2D eigenvalue weighted by atomic mass is 10.3. The molecule has 21 heavy (non-hydrogen) atoms. The Bertz CT molecular complexity index is 610. The van der Waals surface area contributed by atoms with Crippen molar-refractivity contribution in [3.8, 4) is 0 Å². The van der Waals surface area contributed by atoms with Crippen molar-refractivity contribution < 1.29 is 4.79 Å². The number of hydrogen-bond donors (Lipinski definition) is 0. The molecular weight excluding hydrogens is 294 g/mol. The summed E-state index contributed by atoms with van der Waals surface area (Å²) in [5.74, 6) is 0.857. The Labute approximate surface area is 126 Å². The maximum atomic E-state index is 12.1. The van der Waals surface area contributed by atoms with Crippen LogP contribution >= 0.6 is 11.6 Å². The van der Waals surface area contributed by atoms with Gasteiger partial charge in [-0.25, -0.2) is 9.67 Å². The number of piperazine rings is 1. The zero-order chi connectivity index (χ0) is 14.7. The van der Waals surface area contributed by atoms with Gasteiger partial charge in [0.2, 0.25) is 5.91 Å². The molecule has 0 aromatic carbocycles. The first-order valence-corrected chi connectivity index (χ1v) is 6.96. The van der Waals surface area contributed by atoms with Crippen molar-refractivity contribution in [2.75, 3.05) is 31.1 Å². The fourth-order valence-corrected chi connectivity index (χ4v) is 2.41. The molecule has 1 aliphatic heterocycles. The molecular formula is C12H14ClN7O. The Morgan fingerprint density at radius 1 is 1.24 bits per heavy atom. The predicted molar refractivity (Wildman–Crippen MR) is 75.9 cm³/mol. The number of pyridine rings is 1. The van der Waals surface area contributed by atoms with E-state index in [-0.39, 0.29) is 12.5 Å². The second-order valence-corrected chi connectivity index (χ2v) is 5.08. The molecule has 0 bridgehead atoms. The fourth-order valence-electron chi connectivity index (χ4n) is 2.25. The highest BCUT2D eigenvalue weighted by Gasteiger charge is 2.22. The quantitative estimate of drug-likeness (QED) is 0.747. The third-order valence-corrected chi connectivity index (χ3v) is 3.56. The summed E-state index contributed by atoms with van der Waals surface area (Å²) in [6.45, 7) is 2.93. The smallest absolute Gasteiger partial charge is 0.244 e. The third kappa shape index (κ3) is 3.27. The Morgan fingerprint density at radius 2 is 2.05 bits per heavy atom. The van der Waals surface area contributed by atoms with Gasteiger partial charge in [0.05, 0.1) is 0 Å². The molecule has 110 valence electrons. The van der Waals surface area contributed by atoms with Crippen LogP contribution in [0.5, 0.6) is 0 Å². The Balaban J connectivity index is 1.56. The molecule has 1 saturated heterocycles. The van der Waals surface area contributed by atoms with E-state index in [1.807, 2.05) is 17.0 Å². The van der Waals surface area contributed by atoms with Crippen molar-refractivity contribution in [2.24, 2.45) is 0 Å². The lowest BCUT2D eigenvalue weighted by Crippen LogP contribution is -2.49. The van der Waals surface area contributed by atoms with Gasteiger partial charge in [0.15, 0.2) is 0 Å². The van der Waals surface area contributed by atoms with Crippen LogP contribution in [-0.2, 0) is 11.3 Å². The number of halogens is 1. The molecule has 9 heteroatoms. The van der Waals surface area contributed by atoms with Crippen molar-refractivity contribution in [2.45, 2.75) is 6.54 Å². The van der Waals surface area contributed by atoms with Crippen LogP contribution in [-0.4, -0.2) is 62.2 Å². The molecule has 0 spiro atoms. The molecule has 1 fully saturated rings. The molecule has 2 aromatic rings. The van der Waals surface area contributed by atoms with E-state index in [1.165, 1.54) is 11.0 Å². The molecule has 0 radical (unpaired) electrons. The van der Waals surface area contributed by atoms with Crippen LogP contribution in [0.4, 0.5) is 5.82 Å². The Kier molecular flexibility index (Phi) is 3.96. The number of carbonyl (C=O) groups is 1. The zero-order valence-corrected chi connectivity index (χ0v) is 12.0.